The van der Waals surface area contributed by atoms with Gasteiger partial charge in [-0.3, -0.25) is 9.52 Å². The van der Waals surface area contributed by atoms with Crippen LogP contribution < -0.4 is 4.72 Å². The third-order valence-electron chi connectivity index (χ3n) is 4.42. The van der Waals surface area contributed by atoms with E-state index >= 15 is 0 Å². The van der Waals surface area contributed by atoms with Crippen molar-refractivity contribution in [1.29, 1.82) is 0 Å². The summed E-state index contributed by atoms with van der Waals surface area (Å²) in [5.41, 5.74) is 0.552. The number of carbonyl (C=O) groups is 1. The number of rotatable bonds is 4. The highest BCUT2D eigenvalue weighted by atomic mass is 32.2. The summed E-state index contributed by atoms with van der Waals surface area (Å²) in [6, 6.07) is 8.12. The molecule has 2 atom stereocenters. The molecule has 1 amide bonds. The molecule has 26 heavy (non-hydrogen) atoms. The fourth-order valence-corrected chi connectivity index (χ4v) is 5.57. The largest absolute Gasteiger partial charge is 0.337 e. The number of hydrogen-bond donors (Lipinski definition) is 1. The molecule has 1 aromatic heterocycles. The molecule has 0 spiro atoms. The molecule has 140 valence electrons. The Bertz CT molecular complexity index is 884. The van der Waals surface area contributed by atoms with Gasteiger partial charge in [-0.15, -0.1) is 0 Å². The van der Waals surface area contributed by atoms with Crippen molar-refractivity contribution in [2.45, 2.75) is 32.1 Å². The Morgan fingerprint density at radius 2 is 1.81 bits per heavy atom. The second-order valence-electron chi connectivity index (χ2n) is 7.01. The van der Waals surface area contributed by atoms with Gasteiger partial charge in [0, 0.05) is 13.1 Å². The number of thiazole rings is 1. The van der Waals surface area contributed by atoms with Gasteiger partial charge in [0.1, 0.15) is 4.88 Å². The van der Waals surface area contributed by atoms with Gasteiger partial charge in [-0.25, -0.2) is 13.4 Å². The van der Waals surface area contributed by atoms with Crippen molar-refractivity contribution >= 4 is 32.4 Å². The lowest BCUT2D eigenvalue weighted by Gasteiger charge is -2.34. The zero-order valence-electron chi connectivity index (χ0n) is 15.1. The molecule has 0 bridgehead atoms. The fourth-order valence-electron chi connectivity index (χ4n) is 3.38. The maximum Gasteiger partial charge on any atom is 0.265 e. The van der Waals surface area contributed by atoms with Crippen LogP contribution in [0.3, 0.4) is 0 Å². The van der Waals surface area contributed by atoms with Gasteiger partial charge in [0.15, 0.2) is 5.13 Å². The molecule has 1 N–H and O–H groups in total. The topological polar surface area (TPSA) is 79.4 Å². The Kier molecular flexibility index (Phi) is 5.34. The summed E-state index contributed by atoms with van der Waals surface area (Å²) < 4.78 is 27.4. The number of benzene rings is 1. The molecular weight excluding hydrogens is 370 g/mol. The summed E-state index contributed by atoms with van der Waals surface area (Å²) in [7, 11) is -3.71. The van der Waals surface area contributed by atoms with E-state index in [2.05, 4.69) is 23.6 Å². The van der Waals surface area contributed by atoms with Crippen LogP contribution in [0.15, 0.2) is 35.2 Å². The summed E-state index contributed by atoms with van der Waals surface area (Å²) in [5, 5.41) is 0.216. The van der Waals surface area contributed by atoms with Crippen LogP contribution in [0.25, 0.3) is 0 Å². The van der Waals surface area contributed by atoms with Crippen LogP contribution in [0.1, 0.15) is 35.6 Å². The zero-order chi connectivity index (χ0) is 18.9. The number of carbonyl (C=O) groups excluding carboxylic acids is 1. The maximum atomic E-state index is 12.9. The van der Waals surface area contributed by atoms with E-state index < -0.39 is 10.0 Å². The molecule has 0 aliphatic carbocycles. The minimum absolute atomic E-state index is 0.0661. The highest BCUT2D eigenvalue weighted by Gasteiger charge is 2.29. The number of likely N-dealkylation sites (tertiary alicyclic amines) is 1. The summed E-state index contributed by atoms with van der Waals surface area (Å²) in [6.45, 7) is 7.49. The van der Waals surface area contributed by atoms with Crippen molar-refractivity contribution in [2.24, 2.45) is 11.8 Å². The number of anilines is 1. The molecule has 3 rings (SSSR count). The fraction of sp³-hybridized carbons (Fsp3) is 0.444. The molecule has 1 fully saturated rings. The Hall–Kier alpha value is -1.93. The number of aromatic nitrogens is 1. The molecule has 0 radical (unpaired) electrons. The van der Waals surface area contributed by atoms with Gasteiger partial charge in [0.05, 0.1) is 10.6 Å². The number of aryl methyl sites for hydroxylation is 1. The van der Waals surface area contributed by atoms with E-state index in [1.807, 2.05) is 4.90 Å². The average molecular weight is 394 g/mol. The first kappa shape index (κ1) is 18.8. The molecule has 1 aliphatic heterocycles. The minimum Gasteiger partial charge on any atom is -0.337 e. The lowest BCUT2D eigenvalue weighted by Crippen LogP contribution is -2.42. The Labute approximate surface area is 158 Å². The van der Waals surface area contributed by atoms with Gasteiger partial charge in [-0.05, 0) is 37.3 Å². The first-order valence-corrected chi connectivity index (χ1v) is 10.9. The number of amides is 1. The van der Waals surface area contributed by atoms with Gasteiger partial charge in [0.25, 0.3) is 15.9 Å². The van der Waals surface area contributed by atoms with Crippen LogP contribution in [0.2, 0.25) is 0 Å². The van der Waals surface area contributed by atoms with Gasteiger partial charge in [-0.2, -0.15) is 0 Å². The molecule has 2 heterocycles. The highest BCUT2D eigenvalue weighted by Crippen LogP contribution is 2.29. The van der Waals surface area contributed by atoms with Crippen molar-refractivity contribution in [3.05, 3.63) is 40.9 Å². The third-order valence-corrected chi connectivity index (χ3v) is 6.97. The molecule has 2 unspecified atom stereocenters. The quantitative estimate of drug-likeness (QED) is 0.864. The second-order valence-corrected chi connectivity index (χ2v) is 9.69. The van der Waals surface area contributed by atoms with E-state index in [1.54, 1.807) is 25.1 Å². The van der Waals surface area contributed by atoms with Crippen LogP contribution in [0.4, 0.5) is 5.13 Å². The van der Waals surface area contributed by atoms with Gasteiger partial charge >= 0.3 is 0 Å². The normalized spacial score (nSPS) is 20.8. The number of piperidine rings is 1. The van der Waals surface area contributed by atoms with Crippen molar-refractivity contribution < 1.29 is 13.2 Å². The molecule has 1 saturated heterocycles. The molecule has 2 aromatic rings. The van der Waals surface area contributed by atoms with E-state index in [-0.39, 0.29) is 15.9 Å². The van der Waals surface area contributed by atoms with Crippen LogP contribution in [0.5, 0.6) is 0 Å². The van der Waals surface area contributed by atoms with Gasteiger partial charge < -0.3 is 4.90 Å². The third kappa shape index (κ3) is 4.07. The predicted molar refractivity (Wildman–Crippen MR) is 103 cm³/mol. The van der Waals surface area contributed by atoms with E-state index in [4.69, 9.17) is 0 Å². The molecule has 1 aromatic carbocycles. The molecule has 1 aliphatic rings. The first-order chi connectivity index (χ1) is 12.3. The monoisotopic (exact) mass is 393 g/mol. The van der Waals surface area contributed by atoms with E-state index in [0.717, 1.165) is 30.8 Å². The van der Waals surface area contributed by atoms with Crippen LogP contribution in [-0.2, 0) is 10.0 Å². The zero-order valence-corrected chi connectivity index (χ0v) is 16.7. The van der Waals surface area contributed by atoms with Crippen LogP contribution in [-0.4, -0.2) is 37.3 Å². The van der Waals surface area contributed by atoms with Crippen molar-refractivity contribution in [1.82, 2.24) is 9.88 Å². The summed E-state index contributed by atoms with van der Waals surface area (Å²) in [5.74, 6) is 0.863. The highest BCUT2D eigenvalue weighted by molar-refractivity contribution is 7.93. The standard InChI is InChI=1S/C18H23N3O3S2/c1-12-9-13(2)11-21(10-12)17(22)16-14(3)19-18(25-16)20-26(23,24)15-7-5-4-6-8-15/h4-8,12-13H,9-11H2,1-3H3,(H,19,20). The predicted octanol–water partition coefficient (Wildman–Crippen LogP) is 3.37. The smallest absolute Gasteiger partial charge is 0.265 e. The molecular formula is C18H23N3O3S2. The lowest BCUT2D eigenvalue weighted by molar-refractivity contribution is 0.0627. The Balaban J connectivity index is 1.80. The van der Waals surface area contributed by atoms with Gasteiger partial charge in [-0.1, -0.05) is 43.4 Å². The molecule has 8 heteroatoms. The number of hydrogen-bond acceptors (Lipinski definition) is 5. The molecule has 0 saturated carbocycles. The SMILES string of the molecule is Cc1nc(NS(=O)(=O)c2ccccc2)sc1C(=O)N1CC(C)CC(C)C1. The summed E-state index contributed by atoms with van der Waals surface area (Å²) >= 11 is 1.09. The van der Waals surface area contributed by atoms with Crippen molar-refractivity contribution in [3.63, 3.8) is 0 Å². The number of nitrogens with one attached hydrogen (secondary N) is 1. The van der Waals surface area contributed by atoms with Crippen LogP contribution in [0, 0.1) is 18.8 Å². The summed E-state index contributed by atoms with van der Waals surface area (Å²) in [6.07, 6.45) is 1.12. The second kappa shape index (κ2) is 7.36. The van der Waals surface area contributed by atoms with E-state index in [0.29, 0.717) is 22.4 Å². The van der Waals surface area contributed by atoms with E-state index in [1.165, 1.54) is 12.1 Å². The molecule has 6 nitrogen and oxygen atoms in total. The van der Waals surface area contributed by atoms with Crippen molar-refractivity contribution in [3.8, 4) is 0 Å². The number of sulfonamides is 1. The van der Waals surface area contributed by atoms with Crippen LogP contribution >= 0.6 is 11.3 Å². The van der Waals surface area contributed by atoms with E-state index in [9.17, 15) is 13.2 Å². The number of nitrogens with zero attached hydrogens (tertiary/aromatic N) is 2. The minimum atomic E-state index is -3.71. The lowest BCUT2D eigenvalue weighted by atomic mass is 9.92. The first-order valence-electron chi connectivity index (χ1n) is 8.61. The Morgan fingerprint density at radius 1 is 1.19 bits per heavy atom. The van der Waals surface area contributed by atoms with Gasteiger partial charge in [0.2, 0.25) is 0 Å². The summed E-state index contributed by atoms with van der Waals surface area (Å²) in [4.78, 5) is 19.7. The average Bonchev–Trinajstić information content (AvgIpc) is 2.93. The van der Waals surface area contributed by atoms with Crippen molar-refractivity contribution in [2.75, 3.05) is 17.8 Å². The maximum absolute atomic E-state index is 12.9. The Morgan fingerprint density at radius 3 is 2.42 bits per heavy atom.